The average Bonchev–Trinajstić information content (AvgIpc) is 2.83. The summed E-state index contributed by atoms with van der Waals surface area (Å²) in [4.78, 5) is 63.3. The van der Waals surface area contributed by atoms with Crippen LogP contribution in [0.25, 0.3) is 0 Å². The van der Waals surface area contributed by atoms with E-state index in [1.807, 2.05) is 5.32 Å². The van der Waals surface area contributed by atoms with Crippen LogP contribution < -0.4 is 33.2 Å². The van der Waals surface area contributed by atoms with Crippen LogP contribution in [0.3, 0.4) is 0 Å². The minimum absolute atomic E-state index is 0.111. The number of benzene rings is 1. The molecule has 0 saturated carbocycles. The van der Waals surface area contributed by atoms with E-state index < -0.39 is 66.9 Å². The van der Waals surface area contributed by atoms with Crippen LogP contribution in [0.2, 0.25) is 0 Å². The van der Waals surface area contributed by atoms with E-state index in [0.29, 0.717) is 12.0 Å². The molecule has 0 aliphatic rings. The zero-order valence-corrected chi connectivity index (χ0v) is 19.9. The van der Waals surface area contributed by atoms with Crippen molar-refractivity contribution in [3.63, 3.8) is 0 Å². The van der Waals surface area contributed by atoms with Gasteiger partial charge in [-0.25, -0.2) is 9.18 Å². The van der Waals surface area contributed by atoms with Gasteiger partial charge in [-0.05, 0) is 18.4 Å². The number of halogens is 1. The molecule has 0 aliphatic heterocycles. The fourth-order valence-corrected chi connectivity index (χ4v) is 3.03. The number of amides is 3. The summed E-state index contributed by atoms with van der Waals surface area (Å²) in [6.45, 7) is -0.558. The van der Waals surface area contributed by atoms with Crippen LogP contribution in [0, 0.1) is 0 Å². The van der Waals surface area contributed by atoms with Gasteiger partial charge < -0.3 is 43.4 Å². The first-order valence-electron chi connectivity index (χ1n) is 11.2. The number of nitrogens with two attached hydrogens (primary N) is 3. The highest BCUT2D eigenvalue weighted by Crippen LogP contribution is 2.05. The number of carboxylic acid groups (broad SMARTS) is 2. The van der Waals surface area contributed by atoms with Gasteiger partial charge >= 0.3 is 11.9 Å². The summed E-state index contributed by atoms with van der Waals surface area (Å²) < 4.78 is 14.4. The second-order valence-corrected chi connectivity index (χ2v) is 8.02. The fourth-order valence-electron chi connectivity index (χ4n) is 3.03. The number of hydrogen-bond donors (Lipinski definition) is 8. The van der Waals surface area contributed by atoms with Gasteiger partial charge in [0, 0.05) is 13.0 Å². The van der Waals surface area contributed by atoms with Gasteiger partial charge in [-0.15, -0.1) is 0 Å². The molecule has 0 unspecified atom stereocenters. The van der Waals surface area contributed by atoms with E-state index in [-0.39, 0.29) is 25.3 Å². The second-order valence-electron chi connectivity index (χ2n) is 8.02. The van der Waals surface area contributed by atoms with Gasteiger partial charge in [-0.3, -0.25) is 24.2 Å². The molecule has 14 nitrogen and oxygen atoms in total. The molecule has 0 aromatic heterocycles. The number of hydrogen-bond acceptors (Lipinski definition) is 7. The van der Waals surface area contributed by atoms with Crippen LogP contribution in [-0.4, -0.2) is 83.2 Å². The van der Waals surface area contributed by atoms with Crippen molar-refractivity contribution in [2.75, 3.05) is 13.1 Å². The van der Waals surface area contributed by atoms with E-state index in [1.54, 1.807) is 30.3 Å². The minimum Gasteiger partial charge on any atom is -0.481 e. The molecular formula is C22H32FN7O7. The fraction of sp³-hybridized carbons (Fsp3) is 0.455. The molecule has 15 heteroatoms. The molecule has 4 atom stereocenters. The summed E-state index contributed by atoms with van der Waals surface area (Å²) in [5.74, 6) is -6.25. The van der Waals surface area contributed by atoms with Crippen LogP contribution in [0.15, 0.2) is 35.3 Å². The maximum absolute atomic E-state index is 14.4. The molecule has 1 aromatic carbocycles. The van der Waals surface area contributed by atoms with Gasteiger partial charge in [0.2, 0.25) is 11.8 Å². The van der Waals surface area contributed by atoms with Crippen molar-refractivity contribution in [2.45, 2.75) is 50.0 Å². The van der Waals surface area contributed by atoms with Crippen molar-refractivity contribution in [3.05, 3.63) is 35.9 Å². The van der Waals surface area contributed by atoms with Crippen LogP contribution >= 0.6 is 0 Å². The van der Waals surface area contributed by atoms with Crippen molar-refractivity contribution in [1.82, 2.24) is 16.0 Å². The number of guanidine groups is 1. The summed E-state index contributed by atoms with van der Waals surface area (Å²) in [5, 5.41) is 24.8. The molecule has 0 heterocycles. The molecule has 3 amide bonds. The van der Waals surface area contributed by atoms with Gasteiger partial charge in [0.05, 0.1) is 19.0 Å². The molecule has 1 rings (SSSR count). The van der Waals surface area contributed by atoms with Gasteiger partial charge in [0.15, 0.2) is 12.1 Å². The predicted octanol–water partition coefficient (Wildman–Crippen LogP) is -2.41. The largest absolute Gasteiger partial charge is 0.481 e. The van der Waals surface area contributed by atoms with Gasteiger partial charge in [-0.2, -0.15) is 0 Å². The molecule has 1 aromatic rings. The van der Waals surface area contributed by atoms with Crippen molar-refractivity contribution in [3.8, 4) is 0 Å². The number of rotatable bonds is 16. The lowest BCUT2D eigenvalue weighted by Crippen LogP contribution is -2.55. The van der Waals surface area contributed by atoms with Gasteiger partial charge in [-0.1, -0.05) is 30.3 Å². The average molecular weight is 526 g/mol. The Hall–Kier alpha value is -4.27. The molecule has 11 N–H and O–H groups in total. The van der Waals surface area contributed by atoms with E-state index in [1.165, 1.54) is 0 Å². The highest BCUT2D eigenvalue weighted by Gasteiger charge is 2.31. The first-order chi connectivity index (χ1) is 17.4. The number of carboxylic acids is 2. The quantitative estimate of drug-likeness (QED) is 0.0644. The number of carbonyl (C=O) groups excluding carboxylic acids is 3. The molecule has 0 bridgehead atoms. The zero-order chi connectivity index (χ0) is 28.0. The normalized spacial score (nSPS) is 13.8. The summed E-state index contributed by atoms with van der Waals surface area (Å²) in [5.41, 5.74) is 16.6. The molecule has 0 fully saturated rings. The van der Waals surface area contributed by atoms with Crippen molar-refractivity contribution < 1.29 is 38.6 Å². The summed E-state index contributed by atoms with van der Waals surface area (Å²) in [7, 11) is 0. The molecule has 0 radical (unpaired) electrons. The maximum Gasteiger partial charge on any atom is 0.326 e. The SMILES string of the molecule is NC(N)=NCCC[C@H](N)C(=O)NC[C@H](F)C(=O)N[C@@H](CC(=O)O)C(=O)N[C@@H](Cc1ccccc1)C(=O)O. The van der Waals surface area contributed by atoms with E-state index in [2.05, 4.69) is 15.6 Å². The van der Waals surface area contributed by atoms with Crippen LogP contribution in [0.4, 0.5) is 4.39 Å². The number of aliphatic carboxylic acids is 2. The number of carbonyl (C=O) groups is 5. The number of alkyl halides is 1. The molecule has 0 aliphatic carbocycles. The van der Waals surface area contributed by atoms with E-state index in [4.69, 9.17) is 22.3 Å². The Morgan fingerprint density at radius 2 is 1.57 bits per heavy atom. The standard InChI is InChI=1S/C22H32FN7O7/c23-13(11-28-19(34)14(24)7-4-8-27-22(25)26)18(33)29-15(10-17(31)32)20(35)30-16(21(36)37)9-12-5-2-1-3-6-12/h1-3,5-6,13-16H,4,7-11,24H2,(H,28,34)(H,29,33)(H,30,35)(H,31,32)(H,36,37)(H4,25,26,27)/t13-,14-,15-,16-/m0/s1. The van der Waals surface area contributed by atoms with E-state index >= 15 is 0 Å². The van der Waals surface area contributed by atoms with Crippen molar-refractivity contribution in [2.24, 2.45) is 22.2 Å². The molecule has 37 heavy (non-hydrogen) atoms. The number of aliphatic imine (C=N–C) groups is 1. The predicted molar refractivity (Wildman–Crippen MR) is 130 cm³/mol. The zero-order valence-electron chi connectivity index (χ0n) is 19.9. The highest BCUT2D eigenvalue weighted by molar-refractivity contribution is 5.94. The summed E-state index contributed by atoms with van der Waals surface area (Å²) >= 11 is 0. The molecule has 0 saturated heterocycles. The lowest BCUT2D eigenvalue weighted by atomic mass is 10.1. The Balaban J connectivity index is 2.68. The van der Waals surface area contributed by atoms with Crippen LogP contribution in [0.5, 0.6) is 0 Å². The molecule has 0 spiro atoms. The van der Waals surface area contributed by atoms with E-state index in [0.717, 1.165) is 0 Å². The first-order valence-corrected chi connectivity index (χ1v) is 11.2. The van der Waals surface area contributed by atoms with Crippen LogP contribution in [0.1, 0.15) is 24.8 Å². The highest BCUT2D eigenvalue weighted by atomic mass is 19.1. The second kappa shape index (κ2) is 15.7. The monoisotopic (exact) mass is 525 g/mol. The smallest absolute Gasteiger partial charge is 0.326 e. The summed E-state index contributed by atoms with van der Waals surface area (Å²) in [6, 6.07) is 4.10. The number of nitrogens with zero attached hydrogens (tertiary/aromatic N) is 1. The Bertz CT molecular complexity index is 973. The topological polar surface area (TPSA) is 252 Å². The van der Waals surface area contributed by atoms with Crippen molar-refractivity contribution >= 4 is 35.6 Å². The lowest BCUT2D eigenvalue weighted by Gasteiger charge is -2.21. The minimum atomic E-state index is -2.35. The molecule has 204 valence electrons. The Morgan fingerprint density at radius 3 is 2.14 bits per heavy atom. The third-order valence-electron chi connectivity index (χ3n) is 4.95. The van der Waals surface area contributed by atoms with Crippen molar-refractivity contribution in [1.29, 1.82) is 0 Å². The third-order valence-corrected chi connectivity index (χ3v) is 4.95. The maximum atomic E-state index is 14.4. The first kappa shape index (κ1) is 30.8. The van der Waals surface area contributed by atoms with Gasteiger partial charge in [0.1, 0.15) is 12.1 Å². The summed E-state index contributed by atoms with van der Waals surface area (Å²) in [6.07, 6.45) is -2.84. The Kier molecular flexibility index (Phi) is 13.0. The van der Waals surface area contributed by atoms with Gasteiger partial charge in [0.25, 0.3) is 5.91 Å². The lowest BCUT2D eigenvalue weighted by molar-refractivity contribution is -0.143. The Morgan fingerprint density at radius 1 is 0.946 bits per heavy atom. The van der Waals surface area contributed by atoms with E-state index in [9.17, 15) is 33.5 Å². The Labute approximate surface area is 211 Å². The molecular weight excluding hydrogens is 493 g/mol. The third kappa shape index (κ3) is 12.3. The van der Waals surface area contributed by atoms with Crippen LogP contribution in [-0.2, 0) is 30.4 Å². The number of nitrogens with one attached hydrogen (secondary N) is 3.